The molecule has 23 heavy (non-hydrogen) atoms. The van der Waals surface area contributed by atoms with Gasteiger partial charge in [-0.1, -0.05) is 0 Å². The summed E-state index contributed by atoms with van der Waals surface area (Å²) in [5.41, 5.74) is 2.78. The van der Waals surface area contributed by atoms with E-state index in [1.807, 2.05) is 6.92 Å². The Morgan fingerprint density at radius 1 is 1.09 bits per heavy atom. The van der Waals surface area contributed by atoms with Crippen LogP contribution in [0.15, 0.2) is 0 Å². The van der Waals surface area contributed by atoms with Crippen molar-refractivity contribution >= 4 is 5.82 Å². The second-order valence-electron chi connectivity index (χ2n) is 7.60. The molecule has 1 aliphatic carbocycles. The van der Waals surface area contributed by atoms with Gasteiger partial charge in [0.25, 0.3) is 0 Å². The number of aryl methyl sites for hydroxylation is 2. The summed E-state index contributed by atoms with van der Waals surface area (Å²) < 4.78 is 0. The normalized spacial score (nSPS) is 19.2. The fraction of sp³-hybridized carbons (Fsp3) is 0.789. The van der Waals surface area contributed by atoms with E-state index >= 15 is 0 Å². The summed E-state index contributed by atoms with van der Waals surface area (Å²) in [5.74, 6) is 3.12. The van der Waals surface area contributed by atoms with Crippen LogP contribution in [0.2, 0.25) is 0 Å². The van der Waals surface area contributed by atoms with Crippen molar-refractivity contribution in [2.24, 2.45) is 5.92 Å². The van der Waals surface area contributed by atoms with Crippen LogP contribution in [0, 0.1) is 12.8 Å². The topological polar surface area (TPSA) is 32.3 Å². The van der Waals surface area contributed by atoms with E-state index in [4.69, 9.17) is 9.97 Å². The summed E-state index contributed by atoms with van der Waals surface area (Å²) in [6, 6.07) is 0. The molecule has 0 saturated carbocycles. The SMILES string of the molecule is Cc1nc2c(c(N3CCC(CCCN(C)C)CC3)n1)CCCC2. The number of hydrogen-bond donors (Lipinski definition) is 0. The Hall–Kier alpha value is -1.16. The van der Waals surface area contributed by atoms with Crippen LogP contribution in [-0.2, 0) is 12.8 Å². The molecule has 0 N–H and O–H groups in total. The molecule has 0 bridgehead atoms. The van der Waals surface area contributed by atoms with Gasteiger partial charge in [-0.2, -0.15) is 0 Å². The minimum absolute atomic E-state index is 0.907. The van der Waals surface area contributed by atoms with Crippen molar-refractivity contribution in [1.29, 1.82) is 0 Å². The van der Waals surface area contributed by atoms with Crippen LogP contribution in [-0.4, -0.2) is 48.6 Å². The van der Waals surface area contributed by atoms with E-state index in [0.717, 1.165) is 18.2 Å². The third-order valence-electron chi connectivity index (χ3n) is 5.40. The molecule has 0 unspecified atom stereocenters. The van der Waals surface area contributed by atoms with Crippen molar-refractivity contribution in [2.45, 2.75) is 58.3 Å². The third-order valence-corrected chi connectivity index (χ3v) is 5.40. The highest BCUT2D eigenvalue weighted by atomic mass is 15.2. The molecule has 128 valence electrons. The van der Waals surface area contributed by atoms with Gasteiger partial charge in [0.05, 0.1) is 0 Å². The number of rotatable bonds is 5. The molecule has 1 aliphatic heterocycles. The number of anilines is 1. The zero-order valence-corrected chi connectivity index (χ0v) is 15.1. The van der Waals surface area contributed by atoms with E-state index in [1.165, 1.54) is 81.7 Å². The maximum Gasteiger partial charge on any atom is 0.135 e. The summed E-state index contributed by atoms with van der Waals surface area (Å²) in [4.78, 5) is 14.4. The summed E-state index contributed by atoms with van der Waals surface area (Å²) in [5, 5.41) is 0. The number of hydrogen-bond acceptors (Lipinski definition) is 4. The monoisotopic (exact) mass is 316 g/mol. The molecule has 0 radical (unpaired) electrons. The Bertz CT molecular complexity index is 518. The van der Waals surface area contributed by atoms with Crippen molar-refractivity contribution < 1.29 is 0 Å². The van der Waals surface area contributed by atoms with Crippen LogP contribution in [0.4, 0.5) is 5.82 Å². The zero-order chi connectivity index (χ0) is 16.2. The number of aromatic nitrogens is 2. The van der Waals surface area contributed by atoms with E-state index in [1.54, 1.807) is 0 Å². The number of nitrogens with zero attached hydrogens (tertiary/aromatic N) is 4. The van der Waals surface area contributed by atoms with E-state index in [0.29, 0.717) is 0 Å². The van der Waals surface area contributed by atoms with Crippen LogP contribution in [0.5, 0.6) is 0 Å². The molecule has 0 spiro atoms. The third kappa shape index (κ3) is 4.23. The molecule has 2 aliphatic rings. The standard InChI is InChI=1S/C19H32N4/c1-15-20-18-9-5-4-8-17(18)19(21-15)23-13-10-16(11-14-23)7-6-12-22(2)3/h16H,4-14H2,1-3H3. The highest BCUT2D eigenvalue weighted by molar-refractivity contribution is 5.50. The first kappa shape index (κ1) is 16.7. The summed E-state index contributed by atoms with van der Waals surface area (Å²) in [6.07, 6.45) is 10.3. The Morgan fingerprint density at radius 2 is 1.83 bits per heavy atom. The van der Waals surface area contributed by atoms with Crippen molar-refractivity contribution in [2.75, 3.05) is 38.6 Å². The molecule has 1 aromatic rings. The van der Waals surface area contributed by atoms with Gasteiger partial charge >= 0.3 is 0 Å². The lowest BCUT2D eigenvalue weighted by Crippen LogP contribution is -2.36. The average Bonchev–Trinajstić information content (AvgIpc) is 2.54. The van der Waals surface area contributed by atoms with Gasteiger partial charge in [0.15, 0.2) is 0 Å². The highest BCUT2D eigenvalue weighted by Gasteiger charge is 2.25. The molecule has 0 amide bonds. The predicted molar refractivity (Wildman–Crippen MR) is 96.1 cm³/mol. The fourth-order valence-corrected chi connectivity index (χ4v) is 4.09. The van der Waals surface area contributed by atoms with Crippen LogP contribution < -0.4 is 4.90 Å². The molecule has 0 aromatic carbocycles. The van der Waals surface area contributed by atoms with Gasteiger partial charge in [-0.15, -0.1) is 0 Å². The Balaban J connectivity index is 1.61. The molecule has 1 aromatic heterocycles. The zero-order valence-electron chi connectivity index (χ0n) is 15.1. The van der Waals surface area contributed by atoms with Crippen molar-refractivity contribution in [3.8, 4) is 0 Å². The first-order valence-corrected chi connectivity index (χ1v) is 9.39. The van der Waals surface area contributed by atoms with Gasteiger partial charge < -0.3 is 9.80 Å². The highest BCUT2D eigenvalue weighted by Crippen LogP contribution is 2.31. The Labute approximate surface area is 141 Å². The van der Waals surface area contributed by atoms with Gasteiger partial charge in [0.2, 0.25) is 0 Å². The maximum atomic E-state index is 4.83. The van der Waals surface area contributed by atoms with Crippen LogP contribution in [0.1, 0.15) is 55.6 Å². The predicted octanol–water partition coefficient (Wildman–Crippen LogP) is 3.22. The molecular formula is C19H32N4. The second-order valence-corrected chi connectivity index (χ2v) is 7.60. The first-order valence-electron chi connectivity index (χ1n) is 9.39. The van der Waals surface area contributed by atoms with E-state index < -0.39 is 0 Å². The van der Waals surface area contributed by atoms with E-state index in [2.05, 4.69) is 23.9 Å². The Kier molecular flexibility index (Phi) is 5.52. The van der Waals surface area contributed by atoms with E-state index in [9.17, 15) is 0 Å². The van der Waals surface area contributed by atoms with Gasteiger partial charge in [-0.25, -0.2) is 9.97 Å². The van der Waals surface area contributed by atoms with Crippen molar-refractivity contribution in [3.05, 3.63) is 17.1 Å². The minimum Gasteiger partial charge on any atom is -0.356 e. The van der Waals surface area contributed by atoms with E-state index in [-0.39, 0.29) is 0 Å². The molecule has 1 saturated heterocycles. The van der Waals surface area contributed by atoms with Gasteiger partial charge in [-0.3, -0.25) is 0 Å². The maximum absolute atomic E-state index is 4.83. The van der Waals surface area contributed by atoms with Gasteiger partial charge in [-0.05, 0) is 84.8 Å². The van der Waals surface area contributed by atoms with Crippen LogP contribution >= 0.6 is 0 Å². The lowest BCUT2D eigenvalue weighted by Gasteiger charge is -2.35. The molecule has 4 nitrogen and oxygen atoms in total. The van der Waals surface area contributed by atoms with Crippen molar-refractivity contribution in [3.63, 3.8) is 0 Å². The smallest absolute Gasteiger partial charge is 0.135 e. The van der Waals surface area contributed by atoms with Crippen LogP contribution in [0.25, 0.3) is 0 Å². The molecule has 2 heterocycles. The fourth-order valence-electron chi connectivity index (χ4n) is 4.09. The largest absolute Gasteiger partial charge is 0.356 e. The number of piperidine rings is 1. The lowest BCUT2D eigenvalue weighted by molar-refractivity contribution is 0.331. The first-order chi connectivity index (χ1) is 11.1. The minimum atomic E-state index is 0.907. The average molecular weight is 316 g/mol. The van der Waals surface area contributed by atoms with Gasteiger partial charge in [0.1, 0.15) is 11.6 Å². The van der Waals surface area contributed by atoms with Gasteiger partial charge in [0, 0.05) is 24.3 Å². The molecular weight excluding hydrogens is 284 g/mol. The summed E-state index contributed by atoms with van der Waals surface area (Å²) in [6.45, 7) is 5.62. The molecule has 1 fully saturated rings. The summed E-state index contributed by atoms with van der Waals surface area (Å²) >= 11 is 0. The molecule has 3 rings (SSSR count). The molecule has 0 atom stereocenters. The van der Waals surface area contributed by atoms with Crippen LogP contribution in [0.3, 0.4) is 0 Å². The quantitative estimate of drug-likeness (QED) is 0.835. The second kappa shape index (κ2) is 7.61. The lowest BCUT2D eigenvalue weighted by atomic mass is 9.91. The molecule has 4 heteroatoms. The Morgan fingerprint density at radius 3 is 2.57 bits per heavy atom. The number of fused-ring (bicyclic) bond motifs is 1. The summed E-state index contributed by atoms with van der Waals surface area (Å²) in [7, 11) is 4.34. The van der Waals surface area contributed by atoms with Crippen molar-refractivity contribution in [1.82, 2.24) is 14.9 Å².